The van der Waals surface area contributed by atoms with Crippen LogP contribution in [0.25, 0.3) is 0 Å². The molecule has 1 saturated carbocycles. The maximum atomic E-state index is 11.5. The number of carbonyl (C=O) groups excluding carboxylic acids is 1. The lowest BCUT2D eigenvalue weighted by molar-refractivity contribution is -0.122. The molecule has 0 heterocycles. The first-order valence-corrected chi connectivity index (χ1v) is 5.84. The van der Waals surface area contributed by atoms with Gasteiger partial charge in [-0.15, -0.1) is 0 Å². The van der Waals surface area contributed by atoms with Crippen molar-refractivity contribution in [1.29, 1.82) is 0 Å². The Morgan fingerprint density at radius 1 is 1.60 bits per heavy atom. The number of nitrogens with one attached hydrogen (secondary N) is 1. The number of rotatable bonds is 5. The van der Waals surface area contributed by atoms with Gasteiger partial charge in [-0.3, -0.25) is 4.79 Å². The molecule has 1 fully saturated rings. The van der Waals surface area contributed by atoms with Crippen molar-refractivity contribution in [3.05, 3.63) is 0 Å². The van der Waals surface area contributed by atoms with Gasteiger partial charge in [0.1, 0.15) is 0 Å². The molecule has 0 aromatic carbocycles. The van der Waals surface area contributed by atoms with Crippen LogP contribution in [0.3, 0.4) is 0 Å². The van der Waals surface area contributed by atoms with Gasteiger partial charge in [-0.1, -0.05) is 13.3 Å². The first kappa shape index (κ1) is 12.5. The predicted molar refractivity (Wildman–Crippen MR) is 59.2 cm³/mol. The van der Waals surface area contributed by atoms with Crippen LogP contribution in [-0.2, 0) is 4.79 Å². The third-order valence-corrected chi connectivity index (χ3v) is 3.01. The Bertz CT molecular complexity index is 209. The van der Waals surface area contributed by atoms with Gasteiger partial charge < -0.3 is 16.2 Å². The highest BCUT2D eigenvalue weighted by Gasteiger charge is 2.23. The van der Waals surface area contributed by atoms with E-state index in [1.54, 1.807) is 0 Å². The molecule has 1 aliphatic carbocycles. The van der Waals surface area contributed by atoms with Crippen molar-refractivity contribution in [3.63, 3.8) is 0 Å². The van der Waals surface area contributed by atoms with E-state index in [4.69, 9.17) is 5.73 Å². The van der Waals surface area contributed by atoms with Gasteiger partial charge in [0.2, 0.25) is 5.91 Å². The molecule has 4 nitrogen and oxygen atoms in total. The number of hydrogen-bond acceptors (Lipinski definition) is 3. The van der Waals surface area contributed by atoms with E-state index < -0.39 is 0 Å². The largest absolute Gasteiger partial charge is 0.393 e. The zero-order valence-electron chi connectivity index (χ0n) is 9.41. The van der Waals surface area contributed by atoms with E-state index in [2.05, 4.69) is 5.32 Å². The zero-order valence-corrected chi connectivity index (χ0v) is 9.41. The van der Waals surface area contributed by atoms with E-state index in [9.17, 15) is 9.90 Å². The molecular formula is C11H22N2O2. The maximum absolute atomic E-state index is 11.5. The second-order valence-electron chi connectivity index (χ2n) is 4.47. The van der Waals surface area contributed by atoms with Gasteiger partial charge in [0, 0.05) is 6.54 Å². The Kier molecular flexibility index (Phi) is 5.05. The van der Waals surface area contributed by atoms with E-state index in [0.717, 1.165) is 32.1 Å². The molecule has 88 valence electrons. The minimum atomic E-state index is -0.374. The topological polar surface area (TPSA) is 75.4 Å². The summed E-state index contributed by atoms with van der Waals surface area (Å²) in [7, 11) is 0. The van der Waals surface area contributed by atoms with Crippen molar-refractivity contribution >= 4 is 5.91 Å². The Morgan fingerprint density at radius 3 is 2.87 bits per heavy atom. The molecule has 1 rings (SSSR count). The quantitative estimate of drug-likeness (QED) is 0.619. The van der Waals surface area contributed by atoms with Crippen molar-refractivity contribution in [2.75, 3.05) is 6.54 Å². The summed E-state index contributed by atoms with van der Waals surface area (Å²) >= 11 is 0. The van der Waals surface area contributed by atoms with Crippen molar-refractivity contribution in [2.45, 2.75) is 51.2 Å². The second kappa shape index (κ2) is 6.08. The highest BCUT2D eigenvalue weighted by Crippen LogP contribution is 2.24. The lowest BCUT2D eigenvalue weighted by atomic mass is 10.1. The van der Waals surface area contributed by atoms with E-state index >= 15 is 0 Å². The number of nitrogens with two attached hydrogens (primary N) is 1. The predicted octanol–water partition coefficient (Wildman–Crippen LogP) is 0.391. The van der Waals surface area contributed by atoms with Gasteiger partial charge in [0.05, 0.1) is 12.1 Å². The summed E-state index contributed by atoms with van der Waals surface area (Å²) in [5.41, 5.74) is 5.68. The van der Waals surface area contributed by atoms with Crippen LogP contribution in [-0.4, -0.2) is 29.7 Å². The zero-order chi connectivity index (χ0) is 11.3. The summed E-state index contributed by atoms with van der Waals surface area (Å²) < 4.78 is 0. The molecular weight excluding hydrogens is 192 g/mol. The van der Waals surface area contributed by atoms with Gasteiger partial charge in [0.25, 0.3) is 0 Å². The second-order valence-corrected chi connectivity index (χ2v) is 4.47. The van der Waals surface area contributed by atoms with Crippen LogP contribution in [0.4, 0.5) is 0 Å². The van der Waals surface area contributed by atoms with Crippen molar-refractivity contribution in [2.24, 2.45) is 11.7 Å². The van der Waals surface area contributed by atoms with Gasteiger partial charge in [-0.25, -0.2) is 0 Å². The maximum Gasteiger partial charge on any atom is 0.236 e. The van der Waals surface area contributed by atoms with Gasteiger partial charge >= 0.3 is 0 Å². The molecule has 4 N–H and O–H groups in total. The fraction of sp³-hybridized carbons (Fsp3) is 0.909. The molecule has 0 spiro atoms. The van der Waals surface area contributed by atoms with Crippen LogP contribution < -0.4 is 11.1 Å². The molecule has 0 bridgehead atoms. The lowest BCUT2D eigenvalue weighted by Crippen LogP contribution is -2.42. The summed E-state index contributed by atoms with van der Waals surface area (Å²) in [5.74, 6) is 0.371. The average molecular weight is 214 g/mol. The molecule has 1 aliphatic rings. The van der Waals surface area contributed by atoms with Crippen LogP contribution in [0.5, 0.6) is 0 Å². The summed E-state index contributed by atoms with van der Waals surface area (Å²) in [5, 5.41) is 12.2. The van der Waals surface area contributed by atoms with E-state index in [1.165, 1.54) is 0 Å². The highest BCUT2D eigenvalue weighted by atomic mass is 16.3. The number of carbonyl (C=O) groups is 1. The smallest absolute Gasteiger partial charge is 0.236 e. The summed E-state index contributed by atoms with van der Waals surface area (Å²) in [4.78, 5) is 11.5. The molecule has 0 radical (unpaired) electrons. The third-order valence-electron chi connectivity index (χ3n) is 3.01. The number of aliphatic hydroxyl groups excluding tert-OH is 1. The van der Waals surface area contributed by atoms with Crippen LogP contribution in [0.2, 0.25) is 0 Å². The van der Waals surface area contributed by atoms with Crippen LogP contribution in [0.1, 0.15) is 39.0 Å². The minimum absolute atomic E-state index is 0.0572. The molecule has 4 heteroatoms. The number of hydrogen-bond donors (Lipinski definition) is 3. The van der Waals surface area contributed by atoms with E-state index in [0.29, 0.717) is 12.5 Å². The molecule has 0 saturated heterocycles. The Hall–Kier alpha value is -0.610. The van der Waals surface area contributed by atoms with Crippen molar-refractivity contribution < 1.29 is 9.90 Å². The average Bonchev–Trinajstić information content (AvgIpc) is 2.61. The molecule has 15 heavy (non-hydrogen) atoms. The van der Waals surface area contributed by atoms with Crippen LogP contribution >= 0.6 is 0 Å². The standard InChI is InChI=1S/C11H22N2O2/c1-2-3-10(12)11(15)13-7-8-4-5-9(14)6-8/h8-10,14H,2-7,12H2,1H3,(H,13,15)/t8?,9?,10-/m1/s1. The SMILES string of the molecule is CCC[C@@H](N)C(=O)NCC1CCC(O)C1. The fourth-order valence-electron chi connectivity index (χ4n) is 2.05. The Labute approximate surface area is 91.2 Å². The lowest BCUT2D eigenvalue weighted by Gasteiger charge is -2.14. The first-order chi connectivity index (χ1) is 7.13. The van der Waals surface area contributed by atoms with Crippen LogP contribution in [0.15, 0.2) is 0 Å². The summed E-state index contributed by atoms with van der Waals surface area (Å²) in [6.45, 7) is 2.67. The molecule has 0 aliphatic heterocycles. The minimum Gasteiger partial charge on any atom is -0.393 e. The molecule has 0 aromatic rings. The summed E-state index contributed by atoms with van der Waals surface area (Å²) in [6.07, 6.45) is 4.17. The molecule has 0 aromatic heterocycles. The first-order valence-electron chi connectivity index (χ1n) is 5.84. The highest BCUT2D eigenvalue weighted by molar-refractivity contribution is 5.81. The van der Waals surface area contributed by atoms with Crippen molar-refractivity contribution in [1.82, 2.24) is 5.32 Å². The van der Waals surface area contributed by atoms with Gasteiger partial charge in [-0.05, 0) is 31.6 Å². The Balaban J connectivity index is 2.16. The number of aliphatic hydroxyl groups is 1. The number of amides is 1. The molecule has 1 amide bonds. The van der Waals surface area contributed by atoms with Crippen LogP contribution in [0, 0.1) is 5.92 Å². The van der Waals surface area contributed by atoms with E-state index in [1.807, 2.05) is 6.92 Å². The molecule has 2 unspecified atom stereocenters. The van der Waals surface area contributed by atoms with Gasteiger partial charge in [0.15, 0.2) is 0 Å². The molecule has 3 atom stereocenters. The third kappa shape index (κ3) is 4.18. The van der Waals surface area contributed by atoms with Gasteiger partial charge in [-0.2, -0.15) is 0 Å². The summed E-state index contributed by atoms with van der Waals surface area (Å²) in [6, 6.07) is -0.374. The fourth-order valence-corrected chi connectivity index (χ4v) is 2.05. The Morgan fingerprint density at radius 2 is 2.33 bits per heavy atom. The monoisotopic (exact) mass is 214 g/mol. The normalized spacial score (nSPS) is 27.7. The van der Waals surface area contributed by atoms with Crippen molar-refractivity contribution in [3.8, 4) is 0 Å². The van der Waals surface area contributed by atoms with E-state index in [-0.39, 0.29) is 18.1 Å².